The maximum atomic E-state index is 12.5. The number of rotatable bonds is 7. The van der Waals surface area contributed by atoms with Crippen LogP contribution in [-0.4, -0.2) is 89.2 Å². The van der Waals surface area contributed by atoms with Crippen molar-refractivity contribution in [1.82, 2.24) is 19.8 Å². The van der Waals surface area contributed by atoms with Gasteiger partial charge in [0.15, 0.2) is 0 Å². The molecule has 1 unspecified atom stereocenters. The van der Waals surface area contributed by atoms with Crippen LogP contribution in [0.25, 0.3) is 10.8 Å². The smallest absolute Gasteiger partial charge is 0.318 e. The third-order valence-electron chi connectivity index (χ3n) is 9.23. The van der Waals surface area contributed by atoms with Gasteiger partial charge < -0.3 is 29.4 Å². The van der Waals surface area contributed by atoms with E-state index in [-0.39, 0.29) is 24.1 Å². The van der Waals surface area contributed by atoms with Crippen molar-refractivity contribution >= 4 is 28.2 Å². The minimum absolute atomic E-state index is 0.154. The van der Waals surface area contributed by atoms with Gasteiger partial charge in [0, 0.05) is 48.7 Å². The lowest BCUT2D eigenvalue weighted by Crippen LogP contribution is -2.55. The van der Waals surface area contributed by atoms with Crippen LogP contribution < -0.4 is 14.5 Å². The van der Waals surface area contributed by atoms with Gasteiger partial charge in [-0.3, -0.25) is 4.79 Å². The molecule has 0 radical (unpaired) electrons. The fourth-order valence-corrected chi connectivity index (χ4v) is 6.83. The minimum atomic E-state index is -0.257. The number of hydrogen-bond donors (Lipinski definition) is 1. The van der Waals surface area contributed by atoms with Gasteiger partial charge in [0.1, 0.15) is 18.2 Å². The summed E-state index contributed by atoms with van der Waals surface area (Å²) in [4.78, 5) is 31.0. The molecule has 0 aliphatic carbocycles. The second-order valence-corrected chi connectivity index (χ2v) is 11.8. The Labute approximate surface area is 252 Å². The van der Waals surface area contributed by atoms with E-state index in [2.05, 4.69) is 40.5 Å². The van der Waals surface area contributed by atoms with Gasteiger partial charge in [0.25, 0.3) is 0 Å². The predicted molar refractivity (Wildman–Crippen MR) is 166 cm³/mol. The number of benzene rings is 2. The van der Waals surface area contributed by atoms with E-state index in [4.69, 9.17) is 14.7 Å². The third-order valence-corrected chi connectivity index (χ3v) is 9.23. The summed E-state index contributed by atoms with van der Waals surface area (Å²) in [6.45, 7) is 10.1. The molecule has 2 aromatic carbocycles. The highest BCUT2D eigenvalue weighted by Crippen LogP contribution is 2.40. The quantitative estimate of drug-likeness (QED) is 0.417. The zero-order valence-electron chi connectivity index (χ0n) is 25.0. The van der Waals surface area contributed by atoms with E-state index >= 15 is 0 Å². The fourth-order valence-electron chi connectivity index (χ4n) is 6.83. The summed E-state index contributed by atoms with van der Waals surface area (Å²) >= 11 is 0. The minimum Gasteiger partial charge on any atom is -0.508 e. The number of phenols is 1. The van der Waals surface area contributed by atoms with Crippen LogP contribution >= 0.6 is 0 Å². The number of aromatic nitrogens is 2. The van der Waals surface area contributed by atoms with E-state index in [0.29, 0.717) is 51.3 Å². The Balaban J connectivity index is 1.36. The number of ether oxygens (including phenoxy) is 1. The second kappa shape index (κ2) is 12.1. The van der Waals surface area contributed by atoms with Crippen LogP contribution in [-0.2, 0) is 17.8 Å². The number of anilines is 2. The Morgan fingerprint density at radius 2 is 2.02 bits per heavy atom. The van der Waals surface area contributed by atoms with Gasteiger partial charge in [-0.1, -0.05) is 30.8 Å². The number of nitriles is 1. The Morgan fingerprint density at radius 1 is 1.19 bits per heavy atom. The molecule has 6 rings (SSSR count). The Hall–Kier alpha value is -4.36. The molecular formula is C33H39N7O3. The van der Waals surface area contributed by atoms with Crippen molar-refractivity contribution in [2.24, 2.45) is 0 Å². The van der Waals surface area contributed by atoms with E-state index in [1.807, 2.05) is 31.2 Å². The molecule has 2 atom stereocenters. The molecule has 2 saturated heterocycles. The number of amides is 1. The Bertz CT molecular complexity index is 1580. The van der Waals surface area contributed by atoms with Crippen LogP contribution in [0.3, 0.4) is 0 Å². The monoisotopic (exact) mass is 581 g/mol. The van der Waals surface area contributed by atoms with Crippen molar-refractivity contribution in [3.05, 3.63) is 59.8 Å². The Kier molecular flexibility index (Phi) is 8.08. The first-order valence-corrected chi connectivity index (χ1v) is 15.1. The Morgan fingerprint density at radius 3 is 2.79 bits per heavy atom. The van der Waals surface area contributed by atoms with E-state index in [1.54, 1.807) is 4.90 Å². The summed E-state index contributed by atoms with van der Waals surface area (Å²) in [5.41, 5.74) is 3.84. The summed E-state index contributed by atoms with van der Waals surface area (Å²) in [5, 5.41) is 22.4. The van der Waals surface area contributed by atoms with Crippen LogP contribution in [0.15, 0.2) is 43.0 Å². The van der Waals surface area contributed by atoms with Gasteiger partial charge in [0.2, 0.25) is 5.91 Å². The van der Waals surface area contributed by atoms with E-state index < -0.39 is 0 Å². The predicted octanol–water partition coefficient (Wildman–Crippen LogP) is 3.80. The van der Waals surface area contributed by atoms with Crippen LogP contribution in [0.2, 0.25) is 0 Å². The highest BCUT2D eigenvalue weighted by molar-refractivity contribution is 5.97. The van der Waals surface area contributed by atoms with Crippen molar-refractivity contribution in [1.29, 1.82) is 5.26 Å². The van der Waals surface area contributed by atoms with E-state index in [1.165, 1.54) is 6.08 Å². The fraction of sp³-hybridized carbons (Fsp3) is 0.455. The highest BCUT2D eigenvalue weighted by Gasteiger charge is 2.34. The summed E-state index contributed by atoms with van der Waals surface area (Å²) in [6, 6.07) is 12.6. The molecule has 1 N–H and O–H groups in total. The number of piperazine rings is 1. The summed E-state index contributed by atoms with van der Waals surface area (Å²) in [7, 11) is 2.12. The molecule has 3 aromatic rings. The molecule has 1 amide bonds. The molecule has 4 heterocycles. The summed E-state index contributed by atoms with van der Waals surface area (Å²) in [5.74, 6) is 0.951. The normalized spacial score (nSPS) is 20.6. The molecule has 224 valence electrons. The molecular weight excluding hydrogens is 542 g/mol. The summed E-state index contributed by atoms with van der Waals surface area (Å²) in [6.07, 6.45) is 4.51. The molecule has 10 heteroatoms. The summed E-state index contributed by atoms with van der Waals surface area (Å²) < 4.78 is 6.28. The van der Waals surface area contributed by atoms with Crippen molar-refractivity contribution in [3.8, 4) is 17.8 Å². The third kappa shape index (κ3) is 5.57. The lowest BCUT2D eigenvalue weighted by molar-refractivity contribution is -0.128. The number of carbonyl (C=O) groups is 1. The molecule has 10 nitrogen and oxygen atoms in total. The van der Waals surface area contributed by atoms with Crippen molar-refractivity contribution < 1.29 is 14.6 Å². The molecule has 1 aromatic heterocycles. The van der Waals surface area contributed by atoms with Gasteiger partial charge >= 0.3 is 6.01 Å². The molecule has 3 aliphatic rings. The standard InChI is InChI=1S/C33H39N7O3/c1-4-30(42)40-17-16-39(19-24(40)11-13-34)32-27-12-15-38(31-22(2)29(41)18-23-8-5-6-10-26(23)31)20-28(27)35-33(36-32)43-21-25-9-7-14-37(25)3/h4-6,8,10,18,24-25,41H,1,7,9,11-12,14-17,19-21H2,2-3H3/t24?,25-/m0/s1. The van der Waals surface area contributed by atoms with Crippen LogP contribution in [0.1, 0.15) is 36.1 Å². The van der Waals surface area contributed by atoms with Crippen LogP contribution in [0.4, 0.5) is 11.5 Å². The largest absolute Gasteiger partial charge is 0.508 e. The molecule has 3 aliphatic heterocycles. The number of fused-ring (bicyclic) bond motifs is 2. The number of likely N-dealkylation sites (tertiary alicyclic amines) is 1. The lowest BCUT2D eigenvalue weighted by atomic mass is 9.98. The van der Waals surface area contributed by atoms with Gasteiger partial charge in [-0.15, -0.1) is 0 Å². The molecule has 0 spiro atoms. The zero-order chi connectivity index (χ0) is 30.1. The number of carbonyl (C=O) groups excluding carboxylic acids is 1. The average Bonchev–Trinajstić information content (AvgIpc) is 3.44. The van der Waals surface area contributed by atoms with Gasteiger partial charge in [0.05, 0.1) is 36.5 Å². The number of aromatic hydroxyl groups is 1. The number of phenolic OH excluding ortho intramolecular Hbond substituents is 1. The average molecular weight is 582 g/mol. The zero-order valence-corrected chi connectivity index (χ0v) is 25.0. The van der Waals surface area contributed by atoms with Crippen LogP contribution in [0.5, 0.6) is 11.8 Å². The first-order valence-electron chi connectivity index (χ1n) is 15.1. The first kappa shape index (κ1) is 28.7. The lowest BCUT2D eigenvalue weighted by Gasteiger charge is -2.42. The number of hydrogen-bond acceptors (Lipinski definition) is 9. The maximum Gasteiger partial charge on any atom is 0.318 e. The van der Waals surface area contributed by atoms with Crippen molar-refractivity contribution in [3.63, 3.8) is 0 Å². The number of likely N-dealkylation sites (N-methyl/N-ethyl adjacent to an activating group) is 1. The number of nitrogens with zero attached hydrogens (tertiary/aromatic N) is 7. The van der Waals surface area contributed by atoms with Crippen LogP contribution in [0, 0.1) is 18.3 Å². The second-order valence-electron chi connectivity index (χ2n) is 11.8. The van der Waals surface area contributed by atoms with Crippen molar-refractivity contribution in [2.45, 2.75) is 51.2 Å². The highest BCUT2D eigenvalue weighted by atomic mass is 16.5. The molecule has 2 fully saturated rings. The topological polar surface area (TPSA) is 109 Å². The first-order chi connectivity index (χ1) is 20.9. The molecule has 0 saturated carbocycles. The van der Waals surface area contributed by atoms with E-state index in [0.717, 1.165) is 65.0 Å². The SMILES string of the molecule is C=CC(=O)N1CCN(c2nc(OC[C@@H]3CCCN3C)nc3c2CCN(c2c(C)c(O)cc4ccccc24)C3)CC1CC#N. The molecule has 43 heavy (non-hydrogen) atoms. The van der Waals surface area contributed by atoms with Gasteiger partial charge in [-0.05, 0) is 57.3 Å². The molecule has 0 bridgehead atoms. The van der Waals surface area contributed by atoms with Gasteiger partial charge in [-0.2, -0.15) is 15.2 Å². The van der Waals surface area contributed by atoms with Crippen molar-refractivity contribution in [2.75, 3.05) is 56.2 Å². The van der Waals surface area contributed by atoms with Gasteiger partial charge in [-0.25, -0.2) is 0 Å². The van der Waals surface area contributed by atoms with E-state index in [9.17, 15) is 15.2 Å². The maximum absolute atomic E-state index is 12.5.